The second kappa shape index (κ2) is 4.34. The first-order valence-corrected chi connectivity index (χ1v) is 6.86. The zero-order chi connectivity index (χ0) is 10.9. The molecule has 15 heavy (non-hydrogen) atoms. The first kappa shape index (κ1) is 11.3. The number of carbonyl (C=O) groups is 1. The van der Waals surface area contributed by atoms with E-state index >= 15 is 0 Å². The lowest BCUT2D eigenvalue weighted by molar-refractivity contribution is -0.140. The second-order valence-electron chi connectivity index (χ2n) is 5.08. The minimum absolute atomic E-state index is 0.232. The minimum atomic E-state index is -0.232. The van der Waals surface area contributed by atoms with Gasteiger partial charge in [0.1, 0.15) is 0 Å². The number of nitrogens with zero attached hydrogens (tertiary/aromatic N) is 1. The highest BCUT2D eigenvalue weighted by atomic mass is 32.2. The molecule has 1 unspecified atom stereocenters. The molecule has 2 fully saturated rings. The maximum atomic E-state index is 12.3. The SMILES string of the molecule is CC1(C)CNCCN(C2CCSC2)C1=O. The Kier molecular flexibility index (Phi) is 3.26. The highest BCUT2D eigenvalue weighted by Crippen LogP contribution is 2.27. The third-order valence-electron chi connectivity index (χ3n) is 3.28. The van der Waals surface area contributed by atoms with Crippen LogP contribution < -0.4 is 5.32 Å². The van der Waals surface area contributed by atoms with E-state index in [1.165, 1.54) is 12.2 Å². The molecule has 4 heteroatoms. The Balaban J connectivity index is 2.11. The molecule has 86 valence electrons. The molecule has 0 aromatic heterocycles. The molecule has 3 nitrogen and oxygen atoms in total. The smallest absolute Gasteiger partial charge is 0.229 e. The maximum Gasteiger partial charge on any atom is 0.229 e. The van der Waals surface area contributed by atoms with Gasteiger partial charge in [0.15, 0.2) is 0 Å². The monoisotopic (exact) mass is 228 g/mol. The number of amides is 1. The Labute approximate surface area is 96.0 Å². The summed E-state index contributed by atoms with van der Waals surface area (Å²) in [5.74, 6) is 2.67. The summed E-state index contributed by atoms with van der Waals surface area (Å²) in [5.41, 5.74) is -0.232. The quantitative estimate of drug-likeness (QED) is 0.725. The summed E-state index contributed by atoms with van der Waals surface area (Å²) >= 11 is 1.97. The summed E-state index contributed by atoms with van der Waals surface area (Å²) in [7, 11) is 0. The van der Waals surface area contributed by atoms with Crippen LogP contribution in [-0.2, 0) is 4.79 Å². The molecule has 0 bridgehead atoms. The van der Waals surface area contributed by atoms with Crippen LogP contribution in [-0.4, -0.2) is 48.0 Å². The molecule has 0 saturated carbocycles. The van der Waals surface area contributed by atoms with Crippen molar-refractivity contribution in [2.75, 3.05) is 31.1 Å². The minimum Gasteiger partial charge on any atom is -0.337 e. The van der Waals surface area contributed by atoms with Crippen LogP contribution in [0.25, 0.3) is 0 Å². The predicted molar refractivity (Wildman–Crippen MR) is 64.1 cm³/mol. The van der Waals surface area contributed by atoms with Gasteiger partial charge in [0, 0.05) is 31.4 Å². The van der Waals surface area contributed by atoms with Crippen LogP contribution in [0.1, 0.15) is 20.3 Å². The molecule has 0 aromatic carbocycles. The molecular weight excluding hydrogens is 208 g/mol. The highest BCUT2D eigenvalue weighted by Gasteiger charge is 2.37. The van der Waals surface area contributed by atoms with Gasteiger partial charge in [0.2, 0.25) is 5.91 Å². The lowest BCUT2D eigenvalue weighted by Crippen LogP contribution is -2.47. The molecule has 0 spiro atoms. The molecule has 1 atom stereocenters. The van der Waals surface area contributed by atoms with Crippen LogP contribution in [0, 0.1) is 5.41 Å². The van der Waals surface area contributed by atoms with Gasteiger partial charge in [-0.2, -0.15) is 11.8 Å². The summed E-state index contributed by atoms with van der Waals surface area (Å²) < 4.78 is 0. The zero-order valence-electron chi connectivity index (χ0n) is 9.58. The Hall–Kier alpha value is -0.220. The van der Waals surface area contributed by atoms with Crippen molar-refractivity contribution in [3.63, 3.8) is 0 Å². The molecule has 1 amide bonds. The Morgan fingerprint density at radius 3 is 3.00 bits per heavy atom. The Bertz CT molecular complexity index is 249. The van der Waals surface area contributed by atoms with E-state index in [0.717, 1.165) is 25.4 Å². The standard InChI is InChI=1S/C11H20N2OS/c1-11(2)8-12-4-5-13(10(11)14)9-3-6-15-7-9/h9,12H,3-8H2,1-2H3. The summed E-state index contributed by atoms with van der Waals surface area (Å²) in [6.07, 6.45) is 1.17. The number of thioether (sulfide) groups is 1. The molecule has 0 radical (unpaired) electrons. The summed E-state index contributed by atoms with van der Waals surface area (Å²) in [6, 6.07) is 0.488. The van der Waals surface area contributed by atoms with E-state index < -0.39 is 0 Å². The fourth-order valence-electron chi connectivity index (χ4n) is 2.28. The van der Waals surface area contributed by atoms with Crippen molar-refractivity contribution in [2.24, 2.45) is 5.41 Å². The van der Waals surface area contributed by atoms with Gasteiger partial charge >= 0.3 is 0 Å². The summed E-state index contributed by atoms with van der Waals surface area (Å²) in [6.45, 7) is 6.72. The average Bonchev–Trinajstić information content (AvgIpc) is 2.66. The molecule has 0 aliphatic carbocycles. The van der Waals surface area contributed by atoms with Crippen LogP contribution in [0.2, 0.25) is 0 Å². The van der Waals surface area contributed by atoms with Crippen molar-refractivity contribution in [1.82, 2.24) is 10.2 Å². The van der Waals surface area contributed by atoms with Crippen molar-refractivity contribution in [1.29, 1.82) is 0 Å². The van der Waals surface area contributed by atoms with E-state index in [-0.39, 0.29) is 5.41 Å². The van der Waals surface area contributed by atoms with Crippen LogP contribution in [0.15, 0.2) is 0 Å². The highest BCUT2D eigenvalue weighted by molar-refractivity contribution is 7.99. The average molecular weight is 228 g/mol. The van der Waals surface area contributed by atoms with Gasteiger partial charge in [-0.05, 0) is 26.0 Å². The van der Waals surface area contributed by atoms with Gasteiger partial charge in [-0.25, -0.2) is 0 Å². The van der Waals surface area contributed by atoms with E-state index in [1.807, 2.05) is 25.6 Å². The first-order chi connectivity index (χ1) is 7.11. The fourth-order valence-corrected chi connectivity index (χ4v) is 3.51. The van der Waals surface area contributed by atoms with E-state index in [9.17, 15) is 4.79 Å². The van der Waals surface area contributed by atoms with Gasteiger partial charge < -0.3 is 10.2 Å². The van der Waals surface area contributed by atoms with Gasteiger partial charge in [-0.15, -0.1) is 0 Å². The Morgan fingerprint density at radius 2 is 2.33 bits per heavy atom. The van der Waals surface area contributed by atoms with E-state index in [0.29, 0.717) is 11.9 Å². The number of carbonyl (C=O) groups excluding carboxylic acids is 1. The maximum absolute atomic E-state index is 12.3. The van der Waals surface area contributed by atoms with E-state index in [2.05, 4.69) is 10.2 Å². The largest absolute Gasteiger partial charge is 0.337 e. The summed E-state index contributed by atoms with van der Waals surface area (Å²) in [5, 5.41) is 3.35. The van der Waals surface area contributed by atoms with Crippen molar-refractivity contribution in [3.8, 4) is 0 Å². The predicted octanol–water partition coefficient (Wildman–Crippen LogP) is 0.950. The van der Waals surface area contributed by atoms with Crippen LogP contribution in [0.3, 0.4) is 0 Å². The second-order valence-corrected chi connectivity index (χ2v) is 6.23. The first-order valence-electron chi connectivity index (χ1n) is 5.71. The molecule has 2 saturated heterocycles. The number of nitrogens with one attached hydrogen (secondary N) is 1. The lowest BCUT2D eigenvalue weighted by atomic mass is 9.91. The molecular formula is C11H20N2OS. The van der Waals surface area contributed by atoms with Crippen LogP contribution in [0.4, 0.5) is 0 Å². The third-order valence-corrected chi connectivity index (χ3v) is 4.43. The molecule has 2 rings (SSSR count). The molecule has 1 N–H and O–H groups in total. The van der Waals surface area contributed by atoms with E-state index in [1.54, 1.807) is 0 Å². The normalized spacial score (nSPS) is 31.7. The van der Waals surface area contributed by atoms with Gasteiger partial charge in [0.05, 0.1) is 5.41 Å². The zero-order valence-corrected chi connectivity index (χ0v) is 10.4. The van der Waals surface area contributed by atoms with Gasteiger partial charge in [-0.3, -0.25) is 4.79 Å². The molecule has 2 aliphatic heterocycles. The van der Waals surface area contributed by atoms with Gasteiger partial charge in [-0.1, -0.05) is 0 Å². The number of hydrogen-bond acceptors (Lipinski definition) is 3. The van der Waals surface area contributed by atoms with Crippen LogP contribution in [0.5, 0.6) is 0 Å². The molecule has 2 aliphatic rings. The topological polar surface area (TPSA) is 32.3 Å². The van der Waals surface area contributed by atoms with Crippen molar-refractivity contribution in [3.05, 3.63) is 0 Å². The molecule has 0 aromatic rings. The van der Waals surface area contributed by atoms with E-state index in [4.69, 9.17) is 0 Å². The lowest BCUT2D eigenvalue weighted by Gasteiger charge is -2.32. The third kappa shape index (κ3) is 2.31. The van der Waals surface area contributed by atoms with Crippen molar-refractivity contribution in [2.45, 2.75) is 26.3 Å². The van der Waals surface area contributed by atoms with Crippen molar-refractivity contribution < 1.29 is 4.79 Å². The fraction of sp³-hybridized carbons (Fsp3) is 0.909. The van der Waals surface area contributed by atoms with Gasteiger partial charge in [0.25, 0.3) is 0 Å². The summed E-state index contributed by atoms with van der Waals surface area (Å²) in [4.78, 5) is 14.4. The van der Waals surface area contributed by atoms with Crippen molar-refractivity contribution >= 4 is 17.7 Å². The number of rotatable bonds is 1. The number of hydrogen-bond donors (Lipinski definition) is 1. The molecule has 2 heterocycles. The van der Waals surface area contributed by atoms with Crippen LogP contribution >= 0.6 is 11.8 Å². The Morgan fingerprint density at radius 1 is 1.53 bits per heavy atom.